The Labute approximate surface area is 74.2 Å². The molecule has 0 unspecified atom stereocenters. The third-order valence-corrected chi connectivity index (χ3v) is 3.42. The first kappa shape index (κ1) is 8.07. The molecule has 2 rings (SSSR count). The van der Waals surface area contributed by atoms with Crippen LogP contribution in [0.25, 0.3) is 0 Å². The minimum atomic E-state index is 0.343. The molecule has 66 valence electrons. The smallest absolute Gasteiger partial charge is 0.0657 e. The normalized spacial score (nSPS) is 42.2. The average molecular weight is 164 g/mol. The molecule has 0 aromatic heterocycles. The molecule has 1 saturated carbocycles. The second-order valence-electron chi connectivity index (χ2n) is 4.43. The molecular formula is C10H16N2. The molecule has 2 fully saturated rings. The Balaban J connectivity index is 1.92. The molecule has 0 amide bonds. The Morgan fingerprint density at radius 2 is 1.92 bits per heavy atom. The van der Waals surface area contributed by atoms with E-state index in [1.807, 2.05) is 0 Å². The summed E-state index contributed by atoms with van der Waals surface area (Å²) in [4.78, 5) is 2.57. The standard InChI is InChI=1S/C10H16N2/c1-10(6-9(7-10)8-11)12-4-2-3-5-12/h9H,2-7H2,1H3. The van der Waals surface area contributed by atoms with Crippen LogP contribution in [-0.4, -0.2) is 23.5 Å². The van der Waals surface area contributed by atoms with Gasteiger partial charge in [-0.3, -0.25) is 4.90 Å². The van der Waals surface area contributed by atoms with Crippen molar-refractivity contribution >= 4 is 0 Å². The molecule has 0 aromatic rings. The lowest BCUT2D eigenvalue weighted by atomic mass is 9.69. The number of nitrogens with zero attached hydrogens (tertiary/aromatic N) is 2. The lowest BCUT2D eigenvalue weighted by Crippen LogP contribution is -2.53. The first-order valence-corrected chi connectivity index (χ1v) is 4.89. The zero-order valence-corrected chi connectivity index (χ0v) is 7.71. The predicted octanol–water partition coefficient (Wildman–Crippen LogP) is 1.77. The summed E-state index contributed by atoms with van der Waals surface area (Å²) < 4.78 is 0. The van der Waals surface area contributed by atoms with E-state index in [0.717, 1.165) is 12.8 Å². The molecule has 0 N–H and O–H groups in total. The van der Waals surface area contributed by atoms with Crippen molar-refractivity contribution in [1.29, 1.82) is 5.26 Å². The Kier molecular flexibility index (Phi) is 1.84. The van der Waals surface area contributed by atoms with Crippen LogP contribution in [0.4, 0.5) is 0 Å². The van der Waals surface area contributed by atoms with Gasteiger partial charge in [0.2, 0.25) is 0 Å². The fourth-order valence-electron chi connectivity index (χ4n) is 2.61. The monoisotopic (exact) mass is 164 g/mol. The van der Waals surface area contributed by atoms with Crippen molar-refractivity contribution in [3.63, 3.8) is 0 Å². The highest BCUT2D eigenvalue weighted by Crippen LogP contribution is 2.43. The molecule has 1 aliphatic carbocycles. The molecule has 2 heteroatoms. The van der Waals surface area contributed by atoms with Crippen LogP contribution in [0.2, 0.25) is 0 Å². The topological polar surface area (TPSA) is 27.0 Å². The molecule has 0 bridgehead atoms. The maximum Gasteiger partial charge on any atom is 0.0657 e. The van der Waals surface area contributed by atoms with Crippen molar-refractivity contribution in [3.05, 3.63) is 0 Å². The quantitative estimate of drug-likeness (QED) is 0.590. The Bertz CT molecular complexity index is 204. The molecule has 1 saturated heterocycles. The third kappa shape index (κ3) is 1.13. The van der Waals surface area contributed by atoms with Crippen molar-refractivity contribution < 1.29 is 0 Å². The van der Waals surface area contributed by atoms with E-state index in [4.69, 9.17) is 5.26 Å². The van der Waals surface area contributed by atoms with Gasteiger partial charge in [-0.05, 0) is 45.7 Å². The van der Waals surface area contributed by atoms with Gasteiger partial charge in [0, 0.05) is 11.5 Å². The maximum atomic E-state index is 8.69. The van der Waals surface area contributed by atoms with Gasteiger partial charge in [-0.2, -0.15) is 5.26 Å². The highest BCUT2D eigenvalue weighted by molar-refractivity contribution is 5.07. The maximum absolute atomic E-state index is 8.69. The van der Waals surface area contributed by atoms with Gasteiger partial charge < -0.3 is 0 Å². The number of hydrogen-bond acceptors (Lipinski definition) is 2. The summed E-state index contributed by atoms with van der Waals surface area (Å²) in [5.74, 6) is 0.343. The van der Waals surface area contributed by atoms with Gasteiger partial charge in [0.25, 0.3) is 0 Å². The lowest BCUT2D eigenvalue weighted by Gasteiger charge is -2.48. The number of rotatable bonds is 1. The average Bonchev–Trinajstić information content (AvgIpc) is 2.50. The van der Waals surface area contributed by atoms with Crippen molar-refractivity contribution in [2.75, 3.05) is 13.1 Å². The zero-order valence-electron chi connectivity index (χ0n) is 7.71. The van der Waals surface area contributed by atoms with E-state index in [2.05, 4.69) is 17.9 Å². The van der Waals surface area contributed by atoms with Gasteiger partial charge in [0.05, 0.1) is 6.07 Å². The van der Waals surface area contributed by atoms with Crippen LogP contribution >= 0.6 is 0 Å². The van der Waals surface area contributed by atoms with Crippen LogP contribution < -0.4 is 0 Å². The zero-order chi connectivity index (χ0) is 8.60. The first-order valence-electron chi connectivity index (χ1n) is 4.89. The molecule has 1 aliphatic heterocycles. The van der Waals surface area contributed by atoms with Crippen molar-refractivity contribution in [3.8, 4) is 6.07 Å². The van der Waals surface area contributed by atoms with Crippen LogP contribution in [0.15, 0.2) is 0 Å². The molecule has 0 radical (unpaired) electrons. The SMILES string of the molecule is CC1(N2CCCC2)CC(C#N)C1. The lowest BCUT2D eigenvalue weighted by molar-refractivity contribution is 0.0263. The largest absolute Gasteiger partial charge is 0.298 e. The number of nitriles is 1. The minimum Gasteiger partial charge on any atom is -0.298 e. The molecule has 12 heavy (non-hydrogen) atoms. The molecule has 0 atom stereocenters. The number of likely N-dealkylation sites (tertiary alicyclic amines) is 1. The third-order valence-electron chi connectivity index (χ3n) is 3.42. The van der Waals surface area contributed by atoms with Crippen LogP contribution in [0.5, 0.6) is 0 Å². The van der Waals surface area contributed by atoms with E-state index >= 15 is 0 Å². The highest BCUT2D eigenvalue weighted by Gasteiger charge is 2.45. The molecular weight excluding hydrogens is 148 g/mol. The van der Waals surface area contributed by atoms with Gasteiger partial charge in [0.1, 0.15) is 0 Å². The van der Waals surface area contributed by atoms with Crippen LogP contribution in [0.3, 0.4) is 0 Å². The summed E-state index contributed by atoms with van der Waals surface area (Å²) in [6.07, 6.45) is 4.91. The molecule has 0 spiro atoms. The van der Waals surface area contributed by atoms with E-state index in [1.165, 1.54) is 25.9 Å². The fraction of sp³-hybridized carbons (Fsp3) is 0.900. The summed E-state index contributed by atoms with van der Waals surface area (Å²) >= 11 is 0. The number of hydrogen-bond donors (Lipinski definition) is 0. The van der Waals surface area contributed by atoms with Crippen LogP contribution in [0.1, 0.15) is 32.6 Å². The summed E-state index contributed by atoms with van der Waals surface area (Å²) in [5, 5.41) is 8.69. The summed E-state index contributed by atoms with van der Waals surface area (Å²) in [5.41, 5.74) is 0.386. The fourth-order valence-corrected chi connectivity index (χ4v) is 2.61. The first-order chi connectivity index (χ1) is 5.74. The van der Waals surface area contributed by atoms with E-state index in [9.17, 15) is 0 Å². The highest BCUT2D eigenvalue weighted by atomic mass is 15.2. The summed E-state index contributed by atoms with van der Waals surface area (Å²) in [6.45, 7) is 4.83. The van der Waals surface area contributed by atoms with Gasteiger partial charge in [-0.25, -0.2) is 0 Å². The molecule has 0 aromatic carbocycles. The van der Waals surface area contributed by atoms with Crippen LogP contribution in [0, 0.1) is 17.2 Å². The molecule has 2 aliphatic rings. The van der Waals surface area contributed by atoms with E-state index in [1.54, 1.807) is 0 Å². The minimum absolute atomic E-state index is 0.343. The second-order valence-corrected chi connectivity index (χ2v) is 4.43. The summed E-state index contributed by atoms with van der Waals surface area (Å²) in [7, 11) is 0. The second kappa shape index (κ2) is 2.74. The van der Waals surface area contributed by atoms with E-state index in [0.29, 0.717) is 11.5 Å². The van der Waals surface area contributed by atoms with E-state index < -0.39 is 0 Å². The predicted molar refractivity (Wildman–Crippen MR) is 47.5 cm³/mol. The van der Waals surface area contributed by atoms with Crippen molar-refractivity contribution in [2.45, 2.75) is 38.1 Å². The van der Waals surface area contributed by atoms with Crippen molar-refractivity contribution in [1.82, 2.24) is 4.90 Å². The van der Waals surface area contributed by atoms with Crippen LogP contribution in [-0.2, 0) is 0 Å². The van der Waals surface area contributed by atoms with Gasteiger partial charge in [-0.1, -0.05) is 0 Å². The van der Waals surface area contributed by atoms with Gasteiger partial charge >= 0.3 is 0 Å². The molecule has 1 heterocycles. The summed E-state index contributed by atoms with van der Waals surface area (Å²) in [6, 6.07) is 2.35. The van der Waals surface area contributed by atoms with Gasteiger partial charge in [-0.15, -0.1) is 0 Å². The Morgan fingerprint density at radius 3 is 2.42 bits per heavy atom. The molecule has 2 nitrogen and oxygen atoms in total. The Morgan fingerprint density at radius 1 is 1.33 bits per heavy atom. The van der Waals surface area contributed by atoms with Gasteiger partial charge in [0.15, 0.2) is 0 Å². The Hall–Kier alpha value is -0.550. The van der Waals surface area contributed by atoms with Crippen molar-refractivity contribution in [2.24, 2.45) is 5.92 Å². The van der Waals surface area contributed by atoms with E-state index in [-0.39, 0.29) is 0 Å².